The summed E-state index contributed by atoms with van der Waals surface area (Å²) in [7, 11) is 3.77. The molecule has 4 nitrogen and oxygen atoms in total. The van der Waals surface area contributed by atoms with Gasteiger partial charge in [-0.2, -0.15) is 0 Å². The lowest BCUT2D eigenvalue weighted by atomic mass is 10.1. The van der Waals surface area contributed by atoms with E-state index in [-0.39, 0.29) is 24.0 Å². The van der Waals surface area contributed by atoms with E-state index in [0.717, 1.165) is 25.6 Å². The van der Waals surface area contributed by atoms with Gasteiger partial charge in [-0.3, -0.25) is 4.99 Å². The molecule has 18 heavy (non-hydrogen) atoms. The average Bonchev–Trinajstić information content (AvgIpc) is 2.73. The minimum atomic E-state index is 0. The molecule has 0 aromatic heterocycles. The second kappa shape index (κ2) is 7.58. The first kappa shape index (κ1) is 15.2. The predicted octanol–water partition coefficient (Wildman–Crippen LogP) is 1.84. The van der Waals surface area contributed by atoms with E-state index in [2.05, 4.69) is 46.5 Å². The van der Waals surface area contributed by atoms with Gasteiger partial charge in [-0.05, 0) is 11.1 Å². The smallest absolute Gasteiger partial charge is 0.194 e. The second-order valence-electron chi connectivity index (χ2n) is 4.23. The molecule has 0 aliphatic carbocycles. The molecule has 5 heteroatoms. The molecule has 1 aromatic carbocycles. The molecular formula is C13H20IN3O. The van der Waals surface area contributed by atoms with E-state index in [9.17, 15) is 0 Å². The Labute approximate surface area is 125 Å². The second-order valence-corrected chi connectivity index (χ2v) is 4.23. The van der Waals surface area contributed by atoms with E-state index in [1.54, 1.807) is 7.11 Å². The topological polar surface area (TPSA) is 36.9 Å². The number of guanidine groups is 1. The van der Waals surface area contributed by atoms with E-state index in [0.29, 0.717) is 6.61 Å². The van der Waals surface area contributed by atoms with Crippen LogP contribution in [0.15, 0.2) is 29.3 Å². The Morgan fingerprint density at radius 3 is 2.83 bits per heavy atom. The number of aliphatic imine (C=N–C) groups is 1. The van der Waals surface area contributed by atoms with Gasteiger partial charge < -0.3 is 15.0 Å². The molecule has 0 amide bonds. The summed E-state index contributed by atoms with van der Waals surface area (Å²) >= 11 is 0. The Morgan fingerprint density at radius 1 is 1.39 bits per heavy atom. The Kier molecular flexibility index (Phi) is 6.42. The lowest BCUT2D eigenvalue weighted by Crippen LogP contribution is -2.35. The first-order valence-electron chi connectivity index (χ1n) is 5.86. The van der Waals surface area contributed by atoms with Gasteiger partial charge in [0.05, 0.1) is 13.2 Å². The highest BCUT2D eigenvalue weighted by Crippen LogP contribution is 2.06. The molecule has 100 valence electrons. The van der Waals surface area contributed by atoms with Gasteiger partial charge in [0.2, 0.25) is 0 Å². The maximum Gasteiger partial charge on any atom is 0.194 e. The summed E-state index contributed by atoms with van der Waals surface area (Å²) in [6, 6.07) is 8.41. The zero-order valence-electron chi connectivity index (χ0n) is 10.8. The molecular weight excluding hydrogens is 341 g/mol. The number of nitrogens with one attached hydrogen (secondary N) is 1. The number of rotatable bonds is 4. The third-order valence-electron chi connectivity index (χ3n) is 2.81. The first-order chi connectivity index (χ1) is 8.29. The van der Waals surface area contributed by atoms with Crippen LogP contribution in [0, 0.1) is 0 Å². The van der Waals surface area contributed by atoms with Crippen LogP contribution in [0.5, 0.6) is 0 Å². The summed E-state index contributed by atoms with van der Waals surface area (Å²) in [5.41, 5.74) is 2.45. The molecule has 0 atom stereocenters. The molecule has 0 bridgehead atoms. The third kappa shape index (κ3) is 4.13. The molecule has 1 aliphatic heterocycles. The molecule has 0 unspecified atom stereocenters. The molecule has 0 fully saturated rings. The van der Waals surface area contributed by atoms with Gasteiger partial charge in [-0.15, -0.1) is 24.0 Å². The van der Waals surface area contributed by atoms with Crippen LogP contribution in [0.4, 0.5) is 0 Å². The lowest BCUT2D eigenvalue weighted by molar-refractivity contribution is 0.185. The number of nitrogens with zero attached hydrogens (tertiary/aromatic N) is 2. The van der Waals surface area contributed by atoms with Crippen molar-refractivity contribution in [3.8, 4) is 0 Å². The zero-order valence-corrected chi connectivity index (χ0v) is 13.2. The van der Waals surface area contributed by atoms with E-state index >= 15 is 0 Å². The minimum absolute atomic E-state index is 0. The summed E-state index contributed by atoms with van der Waals surface area (Å²) < 4.78 is 5.13. The number of ether oxygens (including phenoxy) is 1. The number of hydrogen-bond donors (Lipinski definition) is 1. The van der Waals surface area contributed by atoms with Gasteiger partial charge in [-0.25, -0.2) is 0 Å². The lowest BCUT2D eigenvalue weighted by Gasteiger charge is -2.15. The van der Waals surface area contributed by atoms with Crippen molar-refractivity contribution >= 4 is 29.9 Å². The number of benzene rings is 1. The monoisotopic (exact) mass is 361 g/mol. The molecule has 1 aliphatic rings. The quantitative estimate of drug-likeness (QED) is 0.832. The highest BCUT2D eigenvalue weighted by Gasteiger charge is 2.11. The number of methoxy groups -OCH3 is 1. The molecule has 0 radical (unpaired) electrons. The fraction of sp³-hybridized carbons (Fsp3) is 0.462. The van der Waals surface area contributed by atoms with Crippen molar-refractivity contribution in [1.29, 1.82) is 0 Å². The van der Waals surface area contributed by atoms with Crippen LogP contribution in [0.1, 0.15) is 11.1 Å². The fourth-order valence-corrected chi connectivity index (χ4v) is 1.90. The Hall–Kier alpha value is -0.820. The first-order valence-corrected chi connectivity index (χ1v) is 5.86. The van der Waals surface area contributed by atoms with Gasteiger partial charge in [0.25, 0.3) is 0 Å². The van der Waals surface area contributed by atoms with E-state index in [4.69, 9.17) is 4.74 Å². The van der Waals surface area contributed by atoms with Crippen molar-refractivity contribution in [2.45, 2.75) is 13.2 Å². The molecule has 0 saturated heterocycles. The van der Waals surface area contributed by atoms with Crippen molar-refractivity contribution in [2.75, 3.05) is 27.2 Å². The summed E-state index contributed by atoms with van der Waals surface area (Å²) in [5, 5.41) is 3.35. The Bertz CT molecular complexity index is 409. The highest BCUT2D eigenvalue weighted by molar-refractivity contribution is 14.0. The molecule has 1 N–H and O–H groups in total. The summed E-state index contributed by atoms with van der Waals surface area (Å²) in [4.78, 5) is 6.54. The highest BCUT2D eigenvalue weighted by atomic mass is 127. The SMILES string of the molecule is COCc1cccc(CNC2=NCCN2C)c1.I. The van der Waals surface area contributed by atoms with Crippen molar-refractivity contribution < 1.29 is 4.74 Å². The van der Waals surface area contributed by atoms with Crippen LogP contribution in [-0.4, -0.2) is 38.1 Å². The number of likely N-dealkylation sites (N-methyl/N-ethyl adjacent to an activating group) is 1. The maximum absolute atomic E-state index is 5.13. The molecule has 0 saturated carbocycles. The third-order valence-corrected chi connectivity index (χ3v) is 2.81. The fourth-order valence-electron chi connectivity index (χ4n) is 1.90. The van der Waals surface area contributed by atoms with Crippen molar-refractivity contribution in [3.63, 3.8) is 0 Å². The zero-order chi connectivity index (χ0) is 12.1. The van der Waals surface area contributed by atoms with E-state index in [1.165, 1.54) is 11.1 Å². The standard InChI is InChI=1S/C13H19N3O.HI/c1-16-7-6-14-13(16)15-9-11-4-3-5-12(8-11)10-17-2;/h3-5,8H,6-7,9-10H2,1-2H3,(H,14,15);1H. The molecule has 1 aromatic rings. The largest absolute Gasteiger partial charge is 0.380 e. The number of halogens is 1. The molecule has 2 rings (SSSR count). The average molecular weight is 361 g/mol. The van der Waals surface area contributed by atoms with Crippen molar-refractivity contribution in [3.05, 3.63) is 35.4 Å². The van der Waals surface area contributed by atoms with Crippen molar-refractivity contribution in [1.82, 2.24) is 10.2 Å². The predicted molar refractivity (Wildman–Crippen MR) is 84.3 cm³/mol. The van der Waals surface area contributed by atoms with Crippen LogP contribution in [0.3, 0.4) is 0 Å². The van der Waals surface area contributed by atoms with Gasteiger partial charge in [-0.1, -0.05) is 24.3 Å². The van der Waals surface area contributed by atoms with Gasteiger partial charge in [0.15, 0.2) is 5.96 Å². The summed E-state index contributed by atoms with van der Waals surface area (Å²) in [5.74, 6) is 0.988. The minimum Gasteiger partial charge on any atom is -0.380 e. The van der Waals surface area contributed by atoms with Gasteiger partial charge in [0, 0.05) is 27.2 Å². The normalized spacial score (nSPS) is 14.1. The molecule has 0 spiro atoms. The van der Waals surface area contributed by atoms with Crippen molar-refractivity contribution in [2.24, 2.45) is 4.99 Å². The van der Waals surface area contributed by atoms with E-state index in [1.807, 2.05) is 0 Å². The van der Waals surface area contributed by atoms with Crippen LogP contribution >= 0.6 is 24.0 Å². The van der Waals surface area contributed by atoms with Crippen LogP contribution in [0.2, 0.25) is 0 Å². The Morgan fingerprint density at radius 2 is 2.17 bits per heavy atom. The van der Waals surface area contributed by atoms with Gasteiger partial charge >= 0.3 is 0 Å². The maximum atomic E-state index is 5.13. The summed E-state index contributed by atoms with van der Waals surface area (Å²) in [6.45, 7) is 3.37. The summed E-state index contributed by atoms with van der Waals surface area (Å²) in [6.07, 6.45) is 0. The molecule has 1 heterocycles. The van der Waals surface area contributed by atoms with E-state index < -0.39 is 0 Å². The van der Waals surface area contributed by atoms with Crippen LogP contribution < -0.4 is 5.32 Å². The van der Waals surface area contributed by atoms with Crippen LogP contribution in [0.25, 0.3) is 0 Å². The van der Waals surface area contributed by atoms with Gasteiger partial charge in [0.1, 0.15) is 0 Å². The van der Waals surface area contributed by atoms with Crippen LogP contribution in [-0.2, 0) is 17.9 Å². The number of hydrogen-bond acceptors (Lipinski definition) is 4. The Balaban J connectivity index is 0.00000162.